The predicted molar refractivity (Wildman–Crippen MR) is 157 cm³/mol. The van der Waals surface area contributed by atoms with Crippen molar-refractivity contribution in [2.75, 3.05) is 33.3 Å². The van der Waals surface area contributed by atoms with Gasteiger partial charge in [-0.1, -0.05) is 0 Å². The van der Waals surface area contributed by atoms with Crippen LogP contribution in [0.4, 0.5) is 0 Å². The van der Waals surface area contributed by atoms with Crippen molar-refractivity contribution in [1.82, 2.24) is 21.3 Å². The van der Waals surface area contributed by atoms with Gasteiger partial charge in [-0.05, 0) is 65.2 Å². The first kappa shape index (κ1) is 34.9. The van der Waals surface area contributed by atoms with Gasteiger partial charge in [0, 0.05) is 12.0 Å². The summed E-state index contributed by atoms with van der Waals surface area (Å²) in [6.07, 6.45) is -3.54. The van der Waals surface area contributed by atoms with Crippen LogP contribution in [0.3, 0.4) is 0 Å². The topological polar surface area (TPSA) is 269 Å². The quantitative estimate of drug-likeness (QED) is 0.102. The highest BCUT2D eigenvalue weighted by molar-refractivity contribution is 5.82. The predicted octanol–water partition coefficient (Wildman–Crippen LogP) is -4.80. The Balaban J connectivity index is 1.61. The summed E-state index contributed by atoms with van der Waals surface area (Å²) in [4.78, 5) is 25.9. The number of likely N-dealkylation sites (N-methyl/N-ethyl adjacent to an activating group) is 1. The molecule has 0 aromatic heterocycles. The molecule has 44 heavy (non-hydrogen) atoms. The molecule has 2 unspecified atom stereocenters. The average molecular weight is 630 g/mol. The number of hydrogen-bond donors (Lipinski definition) is 11. The van der Waals surface area contributed by atoms with E-state index in [9.17, 15) is 30.0 Å². The van der Waals surface area contributed by atoms with Crippen molar-refractivity contribution >= 4 is 11.8 Å². The van der Waals surface area contributed by atoms with Gasteiger partial charge < -0.3 is 73.1 Å². The molecule has 252 valence electrons. The van der Waals surface area contributed by atoms with Gasteiger partial charge in [-0.3, -0.25) is 9.59 Å². The van der Waals surface area contributed by atoms with E-state index in [4.69, 9.17) is 31.4 Å². The van der Waals surface area contributed by atoms with E-state index < -0.39 is 78.4 Å². The van der Waals surface area contributed by atoms with Crippen molar-refractivity contribution < 1.29 is 44.2 Å². The van der Waals surface area contributed by atoms with Crippen LogP contribution >= 0.6 is 0 Å². The van der Waals surface area contributed by atoms with Crippen molar-refractivity contribution in [3.63, 3.8) is 0 Å². The Labute approximate surface area is 257 Å². The molecule has 2 saturated heterocycles. The van der Waals surface area contributed by atoms with Gasteiger partial charge in [-0.2, -0.15) is 0 Å². The highest BCUT2D eigenvalue weighted by Crippen LogP contribution is 2.37. The van der Waals surface area contributed by atoms with Crippen LogP contribution in [0, 0.1) is 5.92 Å². The molecule has 3 fully saturated rings. The summed E-state index contributed by atoms with van der Waals surface area (Å²) in [5, 5.41) is 55.8. The second kappa shape index (κ2) is 15.1. The molecule has 0 bridgehead atoms. The summed E-state index contributed by atoms with van der Waals surface area (Å²) < 4.78 is 18.2. The maximum Gasteiger partial charge on any atom is 0.249 e. The fourth-order valence-corrected chi connectivity index (χ4v) is 6.85. The fraction of sp³-hybridized carbons (Fsp3) is 0.857. The second-order valence-electron chi connectivity index (χ2n) is 12.5. The lowest BCUT2D eigenvalue weighted by Gasteiger charge is -2.51. The van der Waals surface area contributed by atoms with E-state index in [2.05, 4.69) is 21.3 Å². The molecule has 3 aliphatic heterocycles. The molecule has 13 atom stereocenters. The lowest BCUT2D eigenvalue weighted by atomic mass is 9.72. The summed E-state index contributed by atoms with van der Waals surface area (Å²) in [7, 11) is 1.58. The molecule has 0 aromatic carbocycles. The van der Waals surface area contributed by atoms with E-state index in [1.807, 2.05) is 0 Å². The van der Waals surface area contributed by atoms with E-state index >= 15 is 0 Å². The summed E-state index contributed by atoms with van der Waals surface area (Å²) in [6, 6.07) is -3.38. The van der Waals surface area contributed by atoms with Crippen LogP contribution < -0.4 is 38.5 Å². The van der Waals surface area contributed by atoms with Gasteiger partial charge in [0.15, 0.2) is 6.29 Å². The molecule has 1 saturated carbocycles. The monoisotopic (exact) mass is 629 g/mol. The smallest absolute Gasteiger partial charge is 0.249 e. The molecular formula is C28H51N7O9. The van der Waals surface area contributed by atoms with E-state index in [1.54, 1.807) is 13.1 Å². The number of carbonyl (C=O) groups excluding carboxylic acids is 2. The van der Waals surface area contributed by atoms with E-state index in [1.165, 1.54) is 6.92 Å². The molecular weight excluding hydrogens is 578 g/mol. The lowest BCUT2D eigenvalue weighted by molar-refractivity contribution is -0.297. The summed E-state index contributed by atoms with van der Waals surface area (Å²) in [6.45, 7) is 2.26. The van der Waals surface area contributed by atoms with Gasteiger partial charge in [0.2, 0.25) is 11.8 Å². The van der Waals surface area contributed by atoms with Crippen LogP contribution in [-0.2, 0) is 23.8 Å². The van der Waals surface area contributed by atoms with Gasteiger partial charge in [-0.25, -0.2) is 0 Å². The average Bonchev–Trinajstić information content (AvgIpc) is 3.52. The van der Waals surface area contributed by atoms with Crippen LogP contribution in [0.25, 0.3) is 0 Å². The zero-order chi connectivity index (χ0) is 32.2. The lowest BCUT2D eigenvalue weighted by Crippen LogP contribution is -2.70. The number of aliphatic hydroxyl groups excluding tert-OH is 3. The van der Waals surface area contributed by atoms with Crippen LogP contribution in [-0.4, -0.2) is 138 Å². The molecule has 16 nitrogen and oxygen atoms in total. The number of rotatable bonds is 11. The van der Waals surface area contributed by atoms with Gasteiger partial charge in [0.05, 0.1) is 43.4 Å². The number of carbonyl (C=O) groups is 2. The zero-order valence-electron chi connectivity index (χ0n) is 25.4. The number of nitrogens with two attached hydrogens (primary N) is 3. The Morgan fingerprint density at radius 1 is 1.23 bits per heavy atom. The summed E-state index contributed by atoms with van der Waals surface area (Å²) in [5.74, 6) is -1.23. The van der Waals surface area contributed by atoms with E-state index in [0.29, 0.717) is 18.6 Å². The molecule has 2 amide bonds. The third kappa shape index (κ3) is 7.70. The Morgan fingerprint density at radius 3 is 2.61 bits per heavy atom. The van der Waals surface area contributed by atoms with Crippen LogP contribution in [0.5, 0.6) is 0 Å². The van der Waals surface area contributed by atoms with Crippen molar-refractivity contribution in [3.8, 4) is 0 Å². The number of nitrogens with one attached hydrogen (secondary N) is 4. The third-order valence-electron chi connectivity index (χ3n) is 9.22. The molecule has 16 heteroatoms. The second-order valence-corrected chi connectivity index (χ2v) is 12.5. The Hall–Kier alpha value is -1.96. The number of aliphatic hydroxyl groups is 4. The normalized spacial score (nSPS) is 41.8. The minimum absolute atomic E-state index is 0.0199. The number of ether oxygens (including phenoxy) is 3. The summed E-state index contributed by atoms with van der Waals surface area (Å²) >= 11 is 0. The third-order valence-corrected chi connectivity index (χ3v) is 9.22. The standard InChI is InChI=1S/C28H51N7O9/c1-28(41)12-42-27(21(38)24(28)32-2)44-23-17(35-26(40)18(36)7-8-29)10-14(31)19(20(23)37)22-15(6-5-13(11-30)43-22)34-25(39)16-4-3-9-33-16/h5,14-24,27,32-33,36-38,41H,3-4,6-12,29-31H2,1-2H3,(H,34,39)(H,35,40)/t14-,15+,16?,17+,18-,19+,20-,21+,22?,23-,24+,27+,28-/m0/s1. The molecule has 1 aliphatic carbocycles. The van der Waals surface area contributed by atoms with Crippen LogP contribution in [0.1, 0.15) is 39.0 Å². The Bertz CT molecular complexity index is 1010. The summed E-state index contributed by atoms with van der Waals surface area (Å²) in [5.41, 5.74) is 16.7. The number of hydrogen-bond acceptors (Lipinski definition) is 14. The van der Waals surface area contributed by atoms with Crippen molar-refractivity contribution in [2.24, 2.45) is 23.1 Å². The molecule has 4 rings (SSSR count). The maximum atomic E-state index is 13.1. The first-order valence-corrected chi connectivity index (χ1v) is 15.5. The number of amides is 2. The largest absolute Gasteiger partial charge is 0.491 e. The SMILES string of the molecule is CN[C@@H]1[C@@H](O)[C@@H](O[C@@H]2[C@@H](O)[C@H](C3OC(CN)=CC[C@H]3NC(=O)C3CCCN3)[C@@H](N)C[C@H]2NC(=O)[C@@H](O)CCN)OC[C@]1(C)O. The Morgan fingerprint density at radius 2 is 1.98 bits per heavy atom. The van der Waals surface area contributed by atoms with Crippen LogP contribution in [0.2, 0.25) is 0 Å². The fourth-order valence-electron chi connectivity index (χ4n) is 6.85. The van der Waals surface area contributed by atoms with Crippen molar-refractivity contribution in [1.29, 1.82) is 0 Å². The molecule has 4 aliphatic rings. The van der Waals surface area contributed by atoms with E-state index in [-0.39, 0.29) is 44.5 Å². The minimum Gasteiger partial charge on any atom is -0.491 e. The first-order chi connectivity index (χ1) is 20.9. The van der Waals surface area contributed by atoms with Crippen molar-refractivity contribution in [2.45, 2.75) is 112 Å². The van der Waals surface area contributed by atoms with Gasteiger partial charge in [0.25, 0.3) is 0 Å². The van der Waals surface area contributed by atoms with Gasteiger partial charge in [-0.15, -0.1) is 0 Å². The van der Waals surface area contributed by atoms with Crippen molar-refractivity contribution in [3.05, 3.63) is 11.8 Å². The Kier molecular flexibility index (Phi) is 12.0. The first-order valence-electron chi connectivity index (χ1n) is 15.5. The van der Waals surface area contributed by atoms with Gasteiger partial charge in [0.1, 0.15) is 35.8 Å². The van der Waals surface area contributed by atoms with Crippen LogP contribution in [0.15, 0.2) is 11.8 Å². The highest BCUT2D eigenvalue weighted by Gasteiger charge is 2.54. The van der Waals surface area contributed by atoms with Gasteiger partial charge >= 0.3 is 0 Å². The molecule has 14 N–H and O–H groups in total. The molecule has 0 spiro atoms. The molecule has 3 heterocycles. The maximum absolute atomic E-state index is 13.1. The minimum atomic E-state index is -1.41. The zero-order valence-corrected chi connectivity index (χ0v) is 25.4. The van der Waals surface area contributed by atoms with E-state index in [0.717, 1.165) is 13.0 Å². The highest BCUT2D eigenvalue weighted by atomic mass is 16.7. The molecule has 0 radical (unpaired) electrons. The molecule has 0 aromatic rings.